The van der Waals surface area contributed by atoms with Crippen molar-refractivity contribution < 1.29 is 17.9 Å². The molecule has 0 unspecified atom stereocenters. The number of nitrogens with zero attached hydrogens (tertiary/aromatic N) is 1. The van der Waals surface area contributed by atoms with Crippen LogP contribution in [0, 0.1) is 0 Å². The number of nitrogens with one attached hydrogen (secondary N) is 1. The monoisotopic (exact) mass is 400 g/mol. The highest BCUT2D eigenvalue weighted by atomic mass is 32.2. The van der Waals surface area contributed by atoms with Gasteiger partial charge in [0.2, 0.25) is 15.9 Å². The Balaban J connectivity index is 1.90. The molecule has 0 bridgehead atoms. The molecule has 2 rings (SSSR count). The fourth-order valence-corrected chi connectivity index (χ4v) is 5.02. The molecule has 0 atom stereocenters. The first-order chi connectivity index (χ1) is 12.4. The van der Waals surface area contributed by atoms with Crippen molar-refractivity contribution in [2.75, 3.05) is 36.0 Å². The Kier molecular flexibility index (Phi) is 8.09. The summed E-state index contributed by atoms with van der Waals surface area (Å²) < 4.78 is 30.8. The third-order valence-corrected chi connectivity index (χ3v) is 6.71. The number of ether oxygens (including phenoxy) is 1. The zero-order chi connectivity index (χ0) is 19.0. The molecule has 0 aromatic heterocycles. The standard InChI is InChI=1S/C18H28N2O4S2/c1-3-24-16-8-6-7-15(13-16)20(26(2,22)23)14-18(21)19-11-12-25-17-9-4-5-10-17/h6-8,13,17H,3-5,9-12,14H2,1-2H3,(H,19,21). The van der Waals surface area contributed by atoms with Gasteiger partial charge in [0.1, 0.15) is 12.3 Å². The fraction of sp³-hybridized carbons (Fsp3) is 0.611. The average molecular weight is 401 g/mol. The number of benzene rings is 1. The van der Waals surface area contributed by atoms with Crippen molar-refractivity contribution in [2.45, 2.75) is 37.9 Å². The van der Waals surface area contributed by atoms with Crippen LogP contribution in [0.25, 0.3) is 0 Å². The van der Waals surface area contributed by atoms with Crippen LogP contribution in [0.2, 0.25) is 0 Å². The number of amides is 1. The highest BCUT2D eigenvalue weighted by molar-refractivity contribution is 7.99. The number of carbonyl (C=O) groups excluding carboxylic acids is 1. The smallest absolute Gasteiger partial charge is 0.240 e. The highest BCUT2D eigenvalue weighted by Gasteiger charge is 2.21. The predicted octanol–water partition coefficient (Wildman–Crippen LogP) is 2.64. The maximum atomic E-state index is 12.2. The molecule has 0 aliphatic heterocycles. The Morgan fingerprint density at radius 2 is 2.08 bits per heavy atom. The van der Waals surface area contributed by atoms with Crippen LogP contribution in [-0.4, -0.2) is 51.3 Å². The minimum atomic E-state index is -3.58. The fourth-order valence-electron chi connectivity index (χ4n) is 2.95. The summed E-state index contributed by atoms with van der Waals surface area (Å²) in [7, 11) is -3.58. The highest BCUT2D eigenvalue weighted by Crippen LogP contribution is 2.29. The number of anilines is 1. The number of rotatable bonds is 10. The van der Waals surface area contributed by atoms with E-state index in [9.17, 15) is 13.2 Å². The van der Waals surface area contributed by atoms with Crippen molar-refractivity contribution in [1.82, 2.24) is 5.32 Å². The second kappa shape index (κ2) is 10.1. The van der Waals surface area contributed by atoms with Gasteiger partial charge in [0.05, 0.1) is 18.6 Å². The summed E-state index contributed by atoms with van der Waals surface area (Å²) in [6.45, 7) is 2.67. The van der Waals surface area contributed by atoms with Gasteiger partial charge in [0.15, 0.2) is 0 Å². The number of hydrogen-bond donors (Lipinski definition) is 1. The van der Waals surface area contributed by atoms with Crippen LogP contribution in [0.3, 0.4) is 0 Å². The zero-order valence-corrected chi connectivity index (χ0v) is 17.1. The number of sulfonamides is 1. The molecular formula is C18H28N2O4S2. The minimum absolute atomic E-state index is 0.234. The van der Waals surface area contributed by atoms with Gasteiger partial charge in [-0.3, -0.25) is 9.10 Å². The summed E-state index contributed by atoms with van der Waals surface area (Å²) in [5.41, 5.74) is 0.425. The van der Waals surface area contributed by atoms with Crippen LogP contribution in [0.15, 0.2) is 24.3 Å². The molecule has 1 aliphatic carbocycles. The largest absolute Gasteiger partial charge is 0.494 e. The second-order valence-electron chi connectivity index (χ2n) is 6.33. The van der Waals surface area contributed by atoms with Gasteiger partial charge in [0.25, 0.3) is 0 Å². The molecule has 0 heterocycles. The van der Waals surface area contributed by atoms with Crippen molar-refractivity contribution in [3.63, 3.8) is 0 Å². The molecule has 26 heavy (non-hydrogen) atoms. The lowest BCUT2D eigenvalue weighted by molar-refractivity contribution is -0.119. The van der Waals surface area contributed by atoms with E-state index in [0.29, 0.717) is 29.8 Å². The molecule has 1 fully saturated rings. The van der Waals surface area contributed by atoms with Crippen molar-refractivity contribution in [2.24, 2.45) is 0 Å². The maximum Gasteiger partial charge on any atom is 0.240 e. The summed E-state index contributed by atoms with van der Waals surface area (Å²) >= 11 is 1.89. The molecule has 1 aromatic rings. The molecule has 0 radical (unpaired) electrons. The van der Waals surface area contributed by atoms with Crippen molar-refractivity contribution in [3.05, 3.63) is 24.3 Å². The first-order valence-electron chi connectivity index (χ1n) is 8.99. The molecule has 1 aromatic carbocycles. The topological polar surface area (TPSA) is 75.7 Å². The van der Waals surface area contributed by atoms with Crippen molar-refractivity contribution >= 4 is 33.4 Å². The first kappa shape index (κ1) is 20.9. The van der Waals surface area contributed by atoms with Crippen LogP contribution < -0.4 is 14.4 Å². The lowest BCUT2D eigenvalue weighted by Crippen LogP contribution is -2.41. The third kappa shape index (κ3) is 6.72. The second-order valence-corrected chi connectivity index (χ2v) is 9.64. The Morgan fingerprint density at radius 3 is 2.73 bits per heavy atom. The lowest BCUT2D eigenvalue weighted by Gasteiger charge is -2.22. The average Bonchev–Trinajstić information content (AvgIpc) is 3.09. The summed E-state index contributed by atoms with van der Waals surface area (Å²) in [4.78, 5) is 12.2. The van der Waals surface area contributed by atoms with E-state index in [4.69, 9.17) is 4.74 Å². The van der Waals surface area contributed by atoms with E-state index < -0.39 is 10.0 Å². The van der Waals surface area contributed by atoms with E-state index in [1.54, 1.807) is 24.3 Å². The van der Waals surface area contributed by atoms with Gasteiger partial charge in [-0.1, -0.05) is 18.9 Å². The van der Waals surface area contributed by atoms with Crippen LogP contribution in [0.1, 0.15) is 32.6 Å². The van der Waals surface area contributed by atoms with Gasteiger partial charge >= 0.3 is 0 Å². The van der Waals surface area contributed by atoms with Gasteiger partial charge in [-0.25, -0.2) is 8.42 Å². The van der Waals surface area contributed by atoms with E-state index in [2.05, 4.69) is 5.32 Å². The molecule has 1 saturated carbocycles. The number of hydrogen-bond acceptors (Lipinski definition) is 5. The Morgan fingerprint density at radius 1 is 1.35 bits per heavy atom. The van der Waals surface area contributed by atoms with Crippen LogP contribution in [0.4, 0.5) is 5.69 Å². The van der Waals surface area contributed by atoms with Crippen molar-refractivity contribution in [3.8, 4) is 5.75 Å². The first-order valence-corrected chi connectivity index (χ1v) is 11.9. The van der Waals surface area contributed by atoms with Gasteiger partial charge in [-0.2, -0.15) is 11.8 Å². The lowest BCUT2D eigenvalue weighted by atomic mass is 10.3. The van der Waals surface area contributed by atoms with E-state index in [-0.39, 0.29) is 12.5 Å². The predicted molar refractivity (Wildman–Crippen MR) is 108 cm³/mol. The van der Waals surface area contributed by atoms with Crippen LogP contribution in [-0.2, 0) is 14.8 Å². The Hall–Kier alpha value is -1.41. The molecule has 8 heteroatoms. The van der Waals surface area contributed by atoms with Crippen LogP contribution >= 0.6 is 11.8 Å². The molecular weight excluding hydrogens is 372 g/mol. The van der Waals surface area contributed by atoms with E-state index in [1.165, 1.54) is 25.7 Å². The molecule has 146 valence electrons. The molecule has 1 N–H and O–H groups in total. The Labute approximate surface area is 160 Å². The van der Waals surface area contributed by atoms with E-state index in [1.807, 2.05) is 18.7 Å². The van der Waals surface area contributed by atoms with Gasteiger partial charge < -0.3 is 10.1 Å². The zero-order valence-electron chi connectivity index (χ0n) is 15.4. The SMILES string of the molecule is CCOc1cccc(N(CC(=O)NCCSC2CCCC2)S(C)(=O)=O)c1. The quantitative estimate of drug-likeness (QED) is 0.611. The summed E-state index contributed by atoms with van der Waals surface area (Å²) in [6, 6.07) is 6.77. The normalized spacial score (nSPS) is 15.0. The van der Waals surface area contributed by atoms with E-state index >= 15 is 0 Å². The molecule has 0 saturated heterocycles. The van der Waals surface area contributed by atoms with Crippen LogP contribution in [0.5, 0.6) is 5.75 Å². The third-order valence-electron chi connectivity index (χ3n) is 4.18. The van der Waals surface area contributed by atoms with E-state index in [0.717, 1.165) is 16.3 Å². The molecule has 6 nitrogen and oxygen atoms in total. The summed E-state index contributed by atoms with van der Waals surface area (Å²) in [5, 5.41) is 3.53. The van der Waals surface area contributed by atoms with Gasteiger partial charge in [0, 0.05) is 23.6 Å². The summed E-state index contributed by atoms with van der Waals surface area (Å²) in [6.07, 6.45) is 6.22. The maximum absolute atomic E-state index is 12.2. The molecule has 1 aliphatic rings. The minimum Gasteiger partial charge on any atom is -0.494 e. The number of carbonyl (C=O) groups is 1. The van der Waals surface area contributed by atoms with Crippen molar-refractivity contribution in [1.29, 1.82) is 0 Å². The Bertz CT molecular complexity index is 688. The number of thioether (sulfide) groups is 1. The molecule has 1 amide bonds. The van der Waals surface area contributed by atoms with Gasteiger partial charge in [-0.15, -0.1) is 0 Å². The summed E-state index contributed by atoms with van der Waals surface area (Å²) in [5.74, 6) is 1.13. The van der Waals surface area contributed by atoms with Gasteiger partial charge in [-0.05, 0) is 31.9 Å². The molecule has 0 spiro atoms.